The van der Waals surface area contributed by atoms with Gasteiger partial charge in [0, 0.05) is 15.8 Å². The van der Waals surface area contributed by atoms with E-state index in [1.54, 1.807) is 11.8 Å². The largest absolute Gasteiger partial charge is 0.477 e. The Kier molecular flexibility index (Phi) is 2.75. The zero-order chi connectivity index (χ0) is 11.0. The number of rotatable bonds is 2. The van der Waals surface area contributed by atoms with Crippen molar-refractivity contribution in [2.75, 3.05) is 6.26 Å². The summed E-state index contributed by atoms with van der Waals surface area (Å²) in [6.45, 7) is 0. The molecule has 1 aromatic carbocycles. The smallest absolute Gasteiger partial charge is 0.353 e. The number of benzene rings is 1. The van der Waals surface area contributed by atoms with E-state index < -0.39 is 5.97 Å². The van der Waals surface area contributed by atoms with Crippen LogP contribution in [0.15, 0.2) is 27.6 Å². The number of thioether (sulfide) groups is 1. The Labute approximate surface area is 99.0 Å². The molecule has 0 saturated heterocycles. The normalized spacial score (nSPS) is 10.8. The fraction of sp³-hybridized carbons (Fsp3) is 0.100. The Morgan fingerprint density at radius 3 is 2.87 bits per heavy atom. The molecule has 0 fully saturated rings. The molecule has 0 radical (unpaired) electrons. The van der Waals surface area contributed by atoms with Crippen molar-refractivity contribution in [2.24, 2.45) is 0 Å². The van der Waals surface area contributed by atoms with E-state index in [0.717, 1.165) is 15.8 Å². The first-order chi connectivity index (χ1) is 7.13. The molecule has 0 unspecified atom stereocenters. The molecule has 0 aliphatic carbocycles. The second kappa shape index (κ2) is 3.90. The van der Waals surface area contributed by atoms with Crippen molar-refractivity contribution in [2.45, 2.75) is 4.90 Å². The molecule has 0 saturated carbocycles. The van der Waals surface area contributed by atoms with Crippen molar-refractivity contribution in [1.29, 1.82) is 0 Å². The topological polar surface area (TPSA) is 53.1 Å². The molecule has 2 aromatic rings. The van der Waals surface area contributed by atoms with E-state index in [2.05, 4.69) is 20.9 Å². The van der Waals surface area contributed by atoms with E-state index in [9.17, 15) is 4.79 Å². The van der Waals surface area contributed by atoms with E-state index in [-0.39, 0.29) is 5.69 Å². The number of hydrogen-bond donors (Lipinski definition) is 2. The lowest BCUT2D eigenvalue weighted by Gasteiger charge is -1.95. The molecule has 0 bridgehead atoms. The van der Waals surface area contributed by atoms with Crippen LogP contribution in [0.4, 0.5) is 0 Å². The molecule has 78 valence electrons. The number of aromatic amines is 1. The maximum atomic E-state index is 10.9. The first-order valence-electron chi connectivity index (χ1n) is 4.22. The Morgan fingerprint density at radius 1 is 1.53 bits per heavy atom. The van der Waals surface area contributed by atoms with Gasteiger partial charge in [0.2, 0.25) is 0 Å². The molecular formula is C10H8BrNO2S. The molecule has 0 aliphatic rings. The van der Waals surface area contributed by atoms with Gasteiger partial charge in [-0.15, -0.1) is 11.8 Å². The van der Waals surface area contributed by atoms with E-state index in [1.807, 2.05) is 24.5 Å². The van der Waals surface area contributed by atoms with Crippen LogP contribution in [0.25, 0.3) is 10.9 Å². The van der Waals surface area contributed by atoms with Crippen LogP contribution >= 0.6 is 27.7 Å². The maximum Gasteiger partial charge on any atom is 0.353 e. The first kappa shape index (κ1) is 10.6. The van der Waals surface area contributed by atoms with Gasteiger partial charge in [-0.2, -0.15) is 0 Å². The lowest BCUT2D eigenvalue weighted by atomic mass is 10.2. The quantitative estimate of drug-likeness (QED) is 0.832. The summed E-state index contributed by atoms with van der Waals surface area (Å²) >= 11 is 4.92. The van der Waals surface area contributed by atoms with Gasteiger partial charge in [-0.25, -0.2) is 4.79 Å². The molecule has 0 atom stereocenters. The molecule has 15 heavy (non-hydrogen) atoms. The number of halogens is 1. The molecule has 2 rings (SSSR count). The predicted molar refractivity (Wildman–Crippen MR) is 64.7 cm³/mol. The fourth-order valence-corrected chi connectivity index (χ4v) is 2.45. The van der Waals surface area contributed by atoms with Crippen LogP contribution in [0.3, 0.4) is 0 Å². The Balaban J connectivity index is 2.72. The molecule has 1 heterocycles. The molecule has 3 nitrogen and oxygen atoms in total. The zero-order valence-corrected chi connectivity index (χ0v) is 10.3. The van der Waals surface area contributed by atoms with Crippen LogP contribution in [-0.2, 0) is 0 Å². The minimum absolute atomic E-state index is 0.197. The number of aromatic nitrogens is 1. The van der Waals surface area contributed by atoms with Gasteiger partial charge >= 0.3 is 5.97 Å². The number of aromatic carboxylic acids is 1. The van der Waals surface area contributed by atoms with E-state index in [4.69, 9.17) is 5.11 Å². The second-order valence-corrected chi connectivity index (χ2v) is 4.70. The van der Waals surface area contributed by atoms with Gasteiger partial charge in [-0.05, 0) is 40.4 Å². The number of nitrogens with one attached hydrogen (secondary N) is 1. The van der Waals surface area contributed by atoms with Crippen molar-refractivity contribution in [3.63, 3.8) is 0 Å². The van der Waals surface area contributed by atoms with Crippen LogP contribution in [0.2, 0.25) is 0 Å². The Hall–Kier alpha value is -0.940. The summed E-state index contributed by atoms with van der Waals surface area (Å²) in [6, 6.07) is 5.81. The summed E-state index contributed by atoms with van der Waals surface area (Å²) in [6.07, 6.45) is 1.99. The van der Waals surface area contributed by atoms with Crippen LogP contribution < -0.4 is 0 Å². The molecule has 0 spiro atoms. The van der Waals surface area contributed by atoms with Gasteiger partial charge in [0.15, 0.2) is 0 Å². The second-order valence-electron chi connectivity index (χ2n) is 3.03. The van der Waals surface area contributed by atoms with Gasteiger partial charge in [0.05, 0.1) is 4.47 Å². The van der Waals surface area contributed by atoms with Gasteiger partial charge in [0.1, 0.15) is 5.69 Å². The van der Waals surface area contributed by atoms with Gasteiger partial charge < -0.3 is 10.1 Å². The van der Waals surface area contributed by atoms with E-state index >= 15 is 0 Å². The minimum Gasteiger partial charge on any atom is -0.477 e. The van der Waals surface area contributed by atoms with Gasteiger partial charge in [-0.1, -0.05) is 0 Å². The Morgan fingerprint density at radius 2 is 2.27 bits per heavy atom. The SMILES string of the molecule is CSc1ccc2[nH]c(C(=O)O)c(Br)c2c1. The van der Waals surface area contributed by atoms with Crippen molar-refractivity contribution >= 4 is 44.6 Å². The number of H-pyrrole nitrogens is 1. The highest BCUT2D eigenvalue weighted by Crippen LogP contribution is 2.30. The highest BCUT2D eigenvalue weighted by Gasteiger charge is 2.14. The third kappa shape index (κ3) is 1.77. The summed E-state index contributed by atoms with van der Waals surface area (Å²) in [5.41, 5.74) is 1.03. The van der Waals surface area contributed by atoms with Crippen LogP contribution in [0, 0.1) is 0 Å². The third-order valence-electron chi connectivity index (χ3n) is 2.16. The summed E-state index contributed by atoms with van der Waals surface area (Å²) in [5, 5.41) is 9.83. The summed E-state index contributed by atoms with van der Waals surface area (Å²) in [4.78, 5) is 14.8. The lowest BCUT2D eigenvalue weighted by Crippen LogP contribution is -1.96. The number of carboxylic acid groups (broad SMARTS) is 1. The standard InChI is InChI=1S/C10H8BrNO2S/c1-15-5-2-3-7-6(4-5)8(11)9(12-7)10(13)14/h2-4,12H,1H3,(H,13,14). The fourth-order valence-electron chi connectivity index (χ4n) is 1.41. The first-order valence-corrected chi connectivity index (χ1v) is 6.23. The monoisotopic (exact) mass is 285 g/mol. The molecule has 0 amide bonds. The predicted octanol–water partition coefficient (Wildman–Crippen LogP) is 3.35. The van der Waals surface area contributed by atoms with Gasteiger partial charge in [0.25, 0.3) is 0 Å². The molecule has 0 aliphatic heterocycles. The van der Waals surface area contributed by atoms with Crippen LogP contribution in [0.5, 0.6) is 0 Å². The third-order valence-corrected chi connectivity index (χ3v) is 3.71. The van der Waals surface area contributed by atoms with Crippen molar-refractivity contribution < 1.29 is 9.90 Å². The molecule has 5 heteroatoms. The van der Waals surface area contributed by atoms with Crippen molar-refractivity contribution in [3.8, 4) is 0 Å². The number of carboxylic acids is 1. The lowest BCUT2D eigenvalue weighted by molar-refractivity contribution is 0.0690. The summed E-state index contributed by atoms with van der Waals surface area (Å²) in [7, 11) is 0. The Bertz CT molecular complexity index is 535. The molecule has 2 N–H and O–H groups in total. The number of hydrogen-bond acceptors (Lipinski definition) is 2. The highest BCUT2D eigenvalue weighted by atomic mass is 79.9. The number of carbonyl (C=O) groups is 1. The molecule has 1 aromatic heterocycles. The van der Waals surface area contributed by atoms with Crippen molar-refractivity contribution in [1.82, 2.24) is 4.98 Å². The van der Waals surface area contributed by atoms with E-state index in [0.29, 0.717) is 4.47 Å². The van der Waals surface area contributed by atoms with Crippen LogP contribution in [-0.4, -0.2) is 22.3 Å². The highest BCUT2D eigenvalue weighted by molar-refractivity contribution is 9.10. The van der Waals surface area contributed by atoms with E-state index in [1.165, 1.54) is 0 Å². The minimum atomic E-state index is -0.955. The summed E-state index contributed by atoms with van der Waals surface area (Å²) < 4.78 is 0.612. The average Bonchev–Trinajstić information content (AvgIpc) is 2.56. The van der Waals surface area contributed by atoms with Gasteiger partial charge in [-0.3, -0.25) is 0 Å². The average molecular weight is 286 g/mol. The number of fused-ring (bicyclic) bond motifs is 1. The summed E-state index contributed by atoms with van der Waals surface area (Å²) in [5.74, 6) is -0.955. The van der Waals surface area contributed by atoms with Crippen LogP contribution in [0.1, 0.15) is 10.5 Å². The maximum absolute atomic E-state index is 10.9. The zero-order valence-electron chi connectivity index (χ0n) is 7.87. The molecular weight excluding hydrogens is 278 g/mol. The van der Waals surface area contributed by atoms with Crippen molar-refractivity contribution in [3.05, 3.63) is 28.4 Å².